The van der Waals surface area contributed by atoms with Crippen LogP contribution in [0.4, 0.5) is 0 Å². The lowest BCUT2D eigenvalue weighted by Gasteiger charge is -2.26. The molecule has 3 heteroatoms. The van der Waals surface area contributed by atoms with Gasteiger partial charge >= 0.3 is 0 Å². The topological polar surface area (TPSA) is 49.3 Å². The highest BCUT2D eigenvalue weighted by Gasteiger charge is 2.43. The number of hydrogen-bond acceptors (Lipinski definition) is 2. The second-order valence-corrected chi connectivity index (χ2v) is 5.29. The van der Waals surface area contributed by atoms with Crippen LogP contribution in [0.25, 0.3) is 6.08 Å². The summed E-state index contributed by atoms with van der Waals surface area (Å²) in [6, 6.07) is 15.1. The van der Waals surface area contributed by atoms with Crippen molar-refractivity contribution in [1.29, 1.82) is 0 Å². The monoisotopic (exact) mass is 263 g/mol. The highest BCUT2D eigenvalue weighted by Crippen LogP contribution is 2.42. The zero-order valence-corrected chi connectivity index (χ0v) is 10.8. The molecular formula is C17H13NO2. The van der Waals surface area contributed by atoms with Crippen LogP contribution in [-0.4, -0.2) is 11.0 Å². The molecular weight excluding hydrogens is 250 g/mol. The molecule has 0 saturated carbocycles. The number of benzene rings is 2. The van der Waals surface area contributed by atoms with E-state index in [0.717, 1.165) is 16.7 Å². The Hall–Kier alpha value is -2.39. The van der Waals surface area contributed by atoms with Gasteiger partial charge < -0.3 is 10.4 Å². The molecule has 2 aromatic rings. The van der Waals surface area contributed by atoms with Crippen LogP contribution in [-0.2, 0) is 12.0 Å². The van der Waals surface area contributed by atoms with Crippen molar-refractivity contribution in [2.75, 3.05) is 0 Å². The number of carbonyl (C=O) groups excluding carboxylic acids is 1. The third-order valence-corrected chi connectivity index (χ3v) is 4.11. The van der Waals surface area contributed by atoms with Crippen molar-refractivity contribution >= 4 is 12.0 Å². The fraction of sp³-hybridized carbons (Fsp3) is 0.118. The average molecular weight is 263 g/mol. The Labute approximate surface area is 116 Å². The molecule has 98 valence electrons. The smallest absolute Gasteiger partial charge is 0.255 e. The number of amides is 1. The third kappa shape index (κ3) is 1.41. The minimum absolute atomic E-state index is 0.157. The van der Waals surface area contributed by atoms with Crippen LogP contribution in [0.1, 0.15) is 27.0 Å². The Kier molecular flexibility index (Phi) is 2.18. The molecule has 20 heavy (non-hydrogen) atoms. The molecule has 1 heterocycles. The van der Waals surface area contributed by atoms with E-state index in [0.29, 0.717) is 17.7 Å². The summed E-state index contributed by atoms with van der Waals surface area (Å²) in [4.78, 5) is 12.3. The predicted molar refractivity (Wildman–Crippen MR) is 75.9 cm³/mol. The van der Waals surface area contributed by atoms with Crippen molar-refractivity contribution in [3.63, 3.8) is 0 Å². The number of hydrogen-bond donors (Lipinski definition) is 2. The molecule has 3 nitrogen and oxygen atoms in total. The normalized spacial score (nSPS) is 23.1. The van der Waals surface area contributed by atoms with Crippen molar-refractivity contribution in [2.24, 2.45) is 0 Å². The maximum Gasteiger partial charge on any atom is 0.255 e. The van der Waals surface area contributed by atoms with Gasteiger partial charge in [0.15, 0.2) is 0 Å². The molecule has 0 aromatic heterocycles. The van der Waals surface area contributed by atoms with Gasteiger partial charge in [-0.3, -0.25) is 4.79 Å². The van der Waals surface area contributed by atoms with Gasteiger partial charge in [0.1, 0.15) is 5.60 Å². The number of fused-ring (bicyclic) bond motifs is 4. The summed E-state index contributed by atoms with van der Waals surface area (Å²) in [7, 11) is 0. The molecule has 2 N–H and O–H groups in total. The second-order valence-electron chi connectivity index (χ2n) is 5.29. The Morgan fingerprint density at radius 1 is 1.05 bits per heavy atom. The molecule has 1 amide bonds. The zero-order chi connectivity index (χ0) is 13.7. The van der Waals surface area contributed by atoms with Crippen LogP contribution < -0.4 is 5.32 Å². The maximum absolute atomic E-state index is 12.3. The van der Waals surface area contributed by atoms with Gasteiger partial charge in [-0.15, -0.1) is 0 Å². The van der Waals surface area contributed by atoms with Crippen LogP contribution in [0.2, 0.25) is 0 Å². The van der Waals surface area contributed by atoms with Crippen molar-refractivity contribution in [1.82, 2.24) is 5.32 Å². The lowest BCUT2D eigenvalue weighted by Crippen LogP contribution is -2.34. The van der Waals surface area contributed by atoms with Crippen molar-refractivity contribution < 1.29 is 9.90 Å². The molecule has 0 radical (unpaired) electrons. The van der Waals surface area contributed by atoms with Crippen molar-refractivity contribution in [2.45, 2.75) is 12.0 Å². The summed E-state index contributed by atoms with van der Waals surface area (Å²) in [6.07, 6.45) is 2.27. The Bertz CT molecular complexity index is 763. The van der Waals surface area contributed by atoms with Crippen molar-refractivity contribution in [3.05, 3.63) is 76.5 Å². The lowest BCUT2D eigenvalue weighted by molar-refractivity contribution is 0.0715. The first-order chi connectivity index (χ1) is 9.68. The van der Waals surface area contributed by atoms with E-state index in [1.165, 1.54) is 0 Å². The minimum Gasteiger partial charge on any atom is -0.378 e. The first kappa shape index (κ1) is 11.4. The predicted octanol–water partition coefficient (Wildman–Crippen LogP) is 2.21. The van der Waals surface area contributed by atoms with Gasteiger partial charge in [-0.05, 0) is 28.8 Å². The summed E-state index contributed by atoms with van der Waals surface area (Å²) in [5, 5.41) is 14.0. The summed E-state index contributed by atoms with van der Waals surface area (Å²) in [6.45, 7) is 0. The summed E-state index contributed by atoms with van der Waals surface area (Å²) in [5.41, 5.74) is 2.75. The molecule has 4 rings (SSSR count). The van der Waals surface area contributed by atoms with E-state index in [2.05, 4.69) is 5.32 Å². The SMILES string of the molecule is O=C1NC2=Cc3ccccc3C2(O)Cc2ccccc21. The lowest BCUT2D eigenvalue weighted by atomic mass is 9.87. The van der Waals surface area contributed by atoms with E-state index in [1.54, 1.807) is 6.07 Å². The van der Waals surface area contributed by atoms with Gasteiger partial charge in [-0.2, -0.15) is 0 Å². The van der Waals surface area contributed by atoms with E-state index < -0.39 is 5.60 Å². The first-order valence-corrected chi connectivity index (χ1v) is 6.62. The standard InChI is InChI=1S/C17H13NO2/c19-16-13-7-3-1-6-12(13)10-17(20)14-8-4-2-5-11(14)9-15(17)18-16/h1-9,20H,10H2,(H,18,19). The second kappa shape index (κ2) is 3.81. The molecule has 1 atom stereocenters. The first-order valence-electron chi connectivity index (χ1n) is 6.62. The molecule has 0 saturated heterocycles. The van der Waals surface area contributed by atoms with Crippen molar-refractivity contribution in [3.8, 4) is 0 Å². The Morgan fingerprint density at radius 2 is 1.80 bits per heavy atom. The van der Waals surface area contributed by atoms with E-state index >= 15 is 0 Å². The number of aliphatic hydroxyl groups is 1. The van der Waals surface area contributed by atoms with Crippen LogP contribution in [0, 0.1) is 0 Å². The van der Waals surface area contributed by atoms with Crippen LogP contribution in [0.15, 0.2) is 54.2 Å². The van der Waals surface area contributed by atoms with E-state index in [4.69, 9.17) is 0 Å². The molecule has 2 aromatic carbocycles. The van der Waals surface area contributed by atoms with Gasteiger partial charge in [0.2, 0.25) is 0 Å². The van der Waals surface area contributed by atoms with Gasteiger partial charge in [0, 0.05) is 12.0 Å². The Morgan fingerprint density at radius 3 is 2.70 bits per heavy atom. The van der Waals surface area contributed by atoms with Crippen LogP contribution >= 0.6 is 0 Å². The highest BCUT2D eigenvalue weighted by atomic mass is 16.3. The zero-order valence-electron chi connectivity index (χ0n) is 10.8. The molecule has 1 aliphatic carbocycles. The van der Waals surface area contributed by atoms with Gasteiger partial charge in [-0.25, -0.2) is 0 Å². The third-order valence-electron chi connectivity index (χ3n) is 4.11. The number of rotatable bonds is 0. The minimum atomic E-state index is -1.14. The number of carbonyl (C=O) groups is 1. The average Bonchev–Trinajstić information content (AvgIpc) is 2.66. The summed E-state index contributed by atoms with van der Waals surface area (Å²) >= 11 is 0. The Balaban J connectivity index is 1.94. The quantitative estimate of drug-likeness (QED) is 0.765. The van der Waals surface area contributed by atoms with Gasteiger partial charge in [0.05, 0.1) is 5.70 Å². The fourth-order valence-corrected chi connectivity index (χ4v) is 3.11. The molecule has 0 fully saturated rings. The molecule has 0 bridgehead atoms. The highest BCUT2D eigenvalue weighted by molar-refractivity contribution is 5.98. The van der Waals surface area contributed by atoms with Gasteiger partial charge in [-0.1, -0.05) is 42.5 Å². The van der Waals surface area contributed by atoms with E-state index in [1.807, 2.05) is 48.5 Å². The summed E-state index contributed by atoms with van der Waals surface area (Å²) in [5.74, 6) is -0.157. The van der Waals surface area contributed by atoms with E-state index in [-0.39, 0.29) is 5.91 Å². The summed E-state index contributed by atoms with van der Waals surface area (Å²) < 4.78 is 0. The largest absolute Gasteiger partial charge is 0.378 e. The number of nitrogens with one attached hydrogen (secondary N) is 1. The molecule has 1 unspecified atom stereocenters. The fourth-order valence-electron chi connectivity index (χ4n) is 3.11. The van der Waals surface area contributed by atoms with E-state index in [9.17, 15) is 9.90 Å². The molecule has 1 aliphatic heterocycles. The molecule has 0 spiro atoms. The van der Waals surface area contributed by atoms with Crippen LogP contribution in [0.3, 0.4) is 0 Å². The maximum atomic E-state index is 12.3. The van der Waals surface area contributed by atoms with Gasteiger partial charge in [0.25, 0.3) is 5.91 Å². The van der Waals surface area contributed by atoms with Crippen LogP contribution in [0.5, 0.6) is 0 Å². The molecule has 2 aliphatic rings.